The zero-order chi connectivity index (χ0) is 11.0. The molecule has 0 atom stereocenters. The maximum atomic E-state index is 5.03. The van der Waals surface area contributed by atoms with Gasteiger partial charge >= 0.3 is 0 Å². The van der Waals surface area contributed by atoms with Crippen molar-refractivity contribution in [3.63, 3.8) is 0 Å². The minimum absolute atomic E-state index is 0.809. The van der Waals surface area contributed by atoms with Gasteiger partial charge in [0.15, 0.2) is 0 Å². The van der Waals surface area contributed by atoms with Crippen LogP contribution in [0.4, 0.5) is 0 Å². The van der Waals surface area contributed by atoms with Crippen LogP contribution in [0, 0.1) is 13.8 Å². The molecule has 0 saturated carbocycles. The first-order valence-corrected chi connectivity index (χ1v) is 5.29. The van der Waals surface area contributed by atoms with E-state index in [1.807, 2.05) is 13.8 Å². The molecule has 0 saturated heterocycles. The molecule has 0 heterocycles. The normalized spacial score (nSPS) is 9.21. The summed E-state index contributed by atoms with van der Waals surface area (Å²) in [6, 6.07) is 6.55. The third kappa shape index (κ3) is 4.43. The van der Waals surface area contributed by atoms with E-state index in [1.54, 1.807) is 7.11 Å². The van der Waals surface area contributed by atoms with Gasteiger partial charge in [0.2, 0.25) is 0 Å². The molecule has 0 aromatic heterocycles. The van der Waals surface area contributed by atoms with Gasteiger partial charge in [-0.25, -0.2) is 0 Å². The maximum absolute atomic E-state index is 5.03. The summed E-state index contributed by atoms with van der Waals surface area (Å²) >= 11 is 0. The Morgan fingerprint density at radius 2 is 1.79 bits per heavy atom. The number of hydrogen-bond acceptors (Lipinski definition) is 1. The van der Waals surface area contributed by atoms with E-state index in [0.717, 1.165) is 13.0 Å². The van der Waals surface area contributed by atoms with Crippen molar-refractivity contribution in [3.8, 4) is 0 Å². The lowest BCUT2D eigenvalue weighted by Gasteiger charge is -2.05. The van der Waals surface area contributed by atoms with Crippen molar-refractivity contribution in [3.05, 3.63) is 34.9 Å². The van der Waals surface area contributed by atoms with Gasteiger partial charge in [0, 0.05) is 7.11 Å². The minimum atomic E-state index is 0.809. The molecule has 1 aromatic carbocycles. The molecule has 14 heavy (non-hydrogen) atoms. The third-order valence-electron chi connectivity index (χ3n) is 2.07. The molecule has 1 nitrogen and oxygen atoms in total. The zero-order valence-electron chi connectivity index (χ0n) is 10.1. The number of hydrogen-bond donors (Lipinski definition) is 0. The minimum Gasteiger partial charge on any atom is -0.384 e. The quantitative estimate of drug-likeness (QED) is 0.715. The first-order chi connectivity index (χ1) is 6.74. The SMILES string of the molecule is CC.COCCc1ccc(C)cc1C. The predicted octanol–water partition coefficient (Wildman–Crippen LogP) is 3.52. The monoisotopic (exact) mass is 194 g/mol. The lowest BCUT2D eigenvalue weighted by molar-refractivity contribution is 0.202. The van der Waals surface area contributed by atoms with Crippen molar-refractivity contribution in [2.24, 2.45) is 0 Å². The van der Waals surface area contributed by atoms with Crippen LogP contribution in [0.5, 0.6) is 0 Å². The molecule has 0 radical (unpaired) electrons. The first-order valence-electron chi connectivity index (χ1n) is 5.29. The average molecular weight is 194 g/mol. The fraction of sp³-hybridized carbons (Fsp3) is 0.538. The Kier molecular flexibility index (Phi) is 7.13. The molecule has 0 bridgehead atoms. The Morgan fingerprint density at radius 3 is 2.29 bits per heavy atom. The molecule has 0 aliphatic rings. The molecule has 0 N–H and O–H groups in total. The highest BCUT2D eigenvalue weighted by molar-refractivity contribution is 5.30. The van der Waals surface area contributed by atoms with Gasteiger partial charge in [0.25, 0.3) is 0 Å². The molecule has 0 spiro atoms. The summed E-state index contributed by atoms with van der Waals surface area (Å²) < 4.78 is 5.03. The van der Waals surface area contributed by atoms with Crippen LogP contribution in [-0.4, -0.2) is 13.7 Å². The van der Waals surface area contributed by atoms with E-state index >= 15 is 0 Å². The summed E-state index contributed by atoms with van der Waals surface area (Å²) in [6.45, 7) is 9.08. The second kappa shape index (κ2) is 7.57. The summed E-state index contributed by atoms with van der Waals surface area (Å²) in [5, 5.41) is 0. The van der Waals surface area contributed by atoms with Gasteiger partial charge in [-0.1, -0.05) is 37.6 Å². The molecule has 1 heteroatoms. The molecule has 0 amide bonds. The largest absolute Gasteiger partial charge is 0.384 e. The zero-order valence-corrected chi connectivity index (χ0v) is 10.1. The number of methoxy groups -OCH3 is 1. The Labute approximate surface area is 88.1 Å². The van der Waals surface area contributed by atoms with Crippen LogP contribution in [-0.2, 0) is 11.2 Å². The topological polar surface area (TPSA) is 9.23 Å². The van der Waals surface area contributed by atoms with E-state index < -0.39 is 0 Å². The Bertz CT molecular complexity index is 253. The molecular weight excluding hydrogens is 172 g/mol. The molecule has 0 aliphatic carbocycles. The second-order valence-electron chi connectivity index (χ2n) is 3.17. The fourth-order valence-corrected chi connectivity index (χ4v) is 1.34. The van der Waals surface area contributed by atoms with Crippen LogP contribution in [0.2, 0.25) is 0 Å². The molecule has 0 aliphatic heterocycles. The highest BCUT2D eigenvalue weighted by Gasteiger charge is 1.96. The number of benzene rings is 1. The van der Waals surface area contributed by atoms with Gasteiger partial charge in [-0.2, -0.15) is 0 Å². The molecule has 1 rings (SSSR count). The number of ether oxygens (including phenoxy) is 1. The van der Waals surface area contributed by atoms with E-state index in [4.69, 9.17) is 4.74 Å². The molecule has 1 aromatic rings. The first kappa shape index (κ1) is 13.2. The van der Waals surface area contributed by atoms with Crippen LogP contribution in [0.25, 0.3) is 0 Å². The van der Waals surface area contributed by atoms with Crippen LogP contribution in [0.15, 0.2) is 18.2 Å². The molecular formula is C13H22O. The van der Waals surface area contributed by atoms with Crippen molar-refractivity contribution in [1.29, 1.82) is 0 Å². The summed E-state index contributed by atoms with van der Waals surface area (Å²) in [6.07, 6.45) is 1.02. The van der Waals surface area contributed by atoms with E-state index in [9.17, 15) is 0 Å². The van der Waals surface area contributed by atoms with E-state index in [0.29, 0.717) is 0 Å². The average Bonchev–Trinajstić information content (AvgIpc) is 2.20. The Morgan fingerprint density at radius 1 is 1.14 bits per heavy atom. The molecule has 80 valence electrons. The highest BCUT2D eigenvalue weighted by Crippen LogP contribution is 2.10. The molecule has 0 fully saturated rings. The van der Waals surface area contributed by atoms with E-state index in [2.05, 4.69) is 32.0 Å². The van der Waals surface area contributed by atoms with Crippen molar-refractivity contribution in [2.75, 3.05) is 13.7 Å². The van der Waals surface area contributed by atoms with E-state index in [-0.39, 0.29) is 0 Å². The summed E-state index contributed by atoms with van der Waals surface area (Å²) in [7, 11) is 1.74. The highest BCUT2D eigenvalue weighted by atomic mass is 16.5. The molecule has 0 unspecified atom stereocenters. The van der Waals surface area contributed by atoms with Crippen molar-refractivity contribution in [2.45, 2.75) is 34.1 Å². The van der Waals surface area contributed by atoms with Gasteiger partial charge in [-0.15, -0.1) is 0 Å². The standard InChI is InChI=1S/C11H16O.C2H6/c1-9-4-5-11(6-7-12-3)10(2)8-9;1-2/h4-5,8H,6-7H2,1-3H3;1-2H3. The summed E-state index contributed by atoms with van der Waals surface area (Å²) in [5.74, 6) is 0. The van der Waals surface area contributed by atoms with Crippen LogP contribution < -0.4 is 0 Å². The Balaban J connectivity index is 0.000000791. The Hall–Kier alpha value is -0.820. The van der Waals surface area contributed by atoms with Crippen molar-refractivity contribution in [1.82, 2.24) is 0 Å². The van der Waals surface area contributed by atoms with Crippen LogP contribution in [0.3, 0.4) is 0 Å². The summed E-state index contributed by atoms with van der Waals surface area (Å²) in [4.78, 5) is 0. The predicted molar refractivity (Wildman–Crippen MR) is 62.8 cm³/mol. The van der Waals surface area contributed by atoms with Gasteiger partial charge in [-0.3, -0.25) is 0 Å². The summed E-state index contributed by atoms with van der Waals surface area (Å²) in [5.41, 5.74) is 4.09. The third-order valence-corrected chi connectivity index (χ3v) is 2.07. The van der Waals surface area contributed by atoms with Gasteiger partial charge < -0.3 is 4.74 Å². The smallest absolute Gasteiger partial charge is 0.0502 e. The number of aryl methyl sites for hydroxylation is 2. The van der Waals surface area contributed by atoms with E-state index in [1.165, 1.54) is 16.7 Å². The lowest BCUT2D eigenvalue weighted by Crippen LogP contribution is -1.96. The van der Waals surface area contributed by atoms with Gasteiger partial charge in [0.05, 0.1) is 6.61 Å². The second-order valence-corrected chi connectivity index (χ2v) is 3.17. The fourth-order valence-electron chi connectivity index (χ4n) is 1.34. The van der Waals surface area contributed by atoms with Gasteiger partial charge in [0.1, 0.15) is 0 Å². The lowest BCUT2D eigenvalue weighted by atomic mass is 10.0. The van der Waals surface area contributed by atoms with Crippen molar-refractivity contribution >= 4 is 0 Å². The number of rotatable bonds is 3. The van der Waals surface area contributed by atoms with Crippen molar-refractivity contribution < 1.29 is 4.74 Å². The van der Waals surface area contributed by atoms with Crippen LogP contribution >= 0.6 is 0 Å². The maximum Gasteiger partial charge on any atom is 0.0502 e. The van der Waals surface area contributed by atoms with Crippen LogP contribution in [0.1, 0.15) is 30.5 Å². The van der Waals surface area contributed by atoms with Gasteiger partial charge in [-0.05, 0) is 31.4 Å².